The van der Waals surface area contributed by atoms with Crippen molar-refractivity contribution in [1.29, 1.82) is 0 Å². The summed E-state index contributed by atoms with van der Waals surface area (Å²) in [5.74, 6) is 0.0911. The molecule has 0 saturated carbocycles. The quantitative estimate of drug-likeness (QED) is 0.297. The molecule has 0 aliphatic heterocycles. The Balaban J connectivity index is 1.92. The topological polar surface area (TPSA) is 61.6 Å². The predicted molar refractivity (Wildman–Crippen MR) is 104 cm³/mol. The second-order valence-electron chi connectivity index (χ2n) is 5.79. The number of ether oxygens (including phenoxy) is 2. The number of carbonyl (C=O) groups is 1. The number of esters is 1. The summed E-state index contributed by atoms with van der Waals surface area (Å²) in [7, 11) is 0. The molecule has 5 heteroatoms. The van der Waals surface area contributed by atoms with Gasteiger partial charge in [0.2, 0.25) is 0 Å². The third kappa shape index (κ3) is 6.90. The van der Waals surface area contributed by atoms with Crippen LogP contribution in [0.3, 0.4) is 0 Å². The Kier molecular flexibility index (Phi) is 8.73. The van der Waals surface area contributed by atoms with E-state index in [4.69, 9.17) is 26.8 Å². The first-order valence-corrected chi connectivity index (χ1v) is 9.10. The molecule has 4 nitrogen and oxygen atoms in total. The summed E-state index contributed by atoms with van der Waals surface area (Å²) in [6.45, 7) is 0.860. The van der Waals surface area contributed by atoms with E-state index < -0.39 is 5.97 Å². The van der Waals surface area contributed by atoms with Crippen LogP contribution in [0.1, 0.15) is 23.5 Å². The van der Waals surface area contributed by atoms with Crippen LogP contribution in [-0.4, -0.2) is 31.7 Å². The highest BCUT2D eigenvalue weighted by molar-refractivity contribution is 6.17. The molecule has 0 radical (unpaired) electrons. The number of alkyl halides is 1. The molecule has 2 rings (SSSR count). The zero-order chi connectivity index (χ0) is 18.6. The molecule has 0 amide bonds. The molecule has 0 spiro atoms. The van der Waals surface area contributed by atoms with Gasteiger partial charge in [-0.2, -0.15) is 0 Å². The van der Waals surface area contributed by atoms with Crippen LogP contribution < -0.4 is 5.73 Å². The zero-order valence-corrected chi connectivity index (χ0v) is 15.4. The summed E-state index contributed by atoms with van der Waals surface area (Å²) in [6, 6.07) is 20.4. The minimum Gasteiger partial charge on any atom is -0.462 e. The van der Waals surface area contributed by atoms with Crippen molar-refractivity contribution < 1.29 is 14.3 Å². The molecule has 0 saturated heterocycles. The van der Waals surface area contributed by atoms with Crippen LogP contribution in [-0.2, 0) is 14.3 Å². The van der Waals surface area contributed by atoms with Crippen LogP contribution in [0, 0.1) is 0 Å². The van der Waals surface area contributed by atoms with Gasteiger partial charge in [-0.3, -0.25) is 0 Å². The third-order valence-electron chi connectivity index (χ3n) is 3.85. The van der Waals surface area contributed by atoms with Crippen LogP contribution >= 0.6 is 11.6 Å². The van der Waals surface area contributed by atoms with Crippen molar-refractivity contribution in [2.75, 3.05) is 25.7 Å². The van der Waals surface area contributed by atoms with Crippen LogP contribution in [0.5, 0.6) is 0 Å². The number of hydrogen-bond acceptors (Lipinski definition) is 4. The van der Waals surface area contributed by atoms with Crippen molar-refractivity contribution in [3.05, 3.63) is 83.6 Å². The van der Waals surface area contributed by atoms with Gasteiger partial charge in [-0.25, -0.2) is 4.79 Å². The normalized spacial score (nSPS) is 11.5. The van der Waals surface area contributed by atoms with Gasteiger partial charge in [-0.15, -0.1) is 11.6 Å². The molecule has 0 bridgehead atoms. The second-order valence-corrected chi connectivity index (χ2v) is 6.17. The highest BCUT2D eigenvalue weighted by atomic mass is 35.5. The second kappa shape index (κ2) is 11.3. The summed E-state index contributed by atoms with van der Waals surface area (Å²) in [4.78, 5) is 11.9. The molecule has 0 fully saturated rings. The maximum Gasteiger partial charge on any atom is 0.332 e. The van der Waals surface area contributed by atoms with E-state index in [1.807, 2.05) is 36.4 Å². The van der Waals surface area contributed by atoms with Crippen LogP contribution in [0.4, 0.5) is 0 Å². The van der Waals surface area contributed by atoms with Gasteiger partial charge in [0.1, 0.15) is 0 Å². The number of carbonyl (C=O) groups excluding carboxylic acids is 1. The molecule has 26 heavy (non-hydrogen) atoms. The Labute approximate surface area is 159 Å². The maximum absolute atomic E-state index is 11.9. The largest absolute Gasteiger partial charge is 0.462 e. The van der Waals surface area contributed by atoms with E-state index in [-0.39, 0.29) is 12.5 Å². The van der Waals surface area contributed by atoms with Gasteiger partial charge in [0.05, 0.1) is 19.8 Å². The monoisotopic (exact) mass is 373 g/mol. The molecule has 0 aromatic heterocycles. The summed E-state index contributed by atoms with van der Waals surface area (Å²) in [6.07, 6.45) is 1.95. The van der Waals surface area contributed by atoms with Gasteiger partial charge in [0, 0.05) is 23.6 Å². The third-order valence-corrected chi connectivity index (χ3v) is 4.00. The number of nitrogens with two attached hydrogens (primary N) is 1. The highest BCUT2D eigenvalue weighted by Crippen LogP contribution is 2.27. The van der Waals surface area contributed by atoms with Gasteiger partial charge in [-0.1, -0.05) is 60.7 Å². The molecule has 0 aliphatic carbocycles. The van der Waals surface area contributed by atoms with Crippen LogP contribution in [0.2, 0.25) is 0 Å². The molecule has 0 aliphatic rings. The molecule has 2 N–H and O–H groups in total. The molecule has 2 aromatic rings. The van der Waals surface area contributed by atoms with E-state index in [2.05, 4.69) is 24.3 Å². The highest BCUT2D eigenvalue weighted by Gasteiger charge is 2.14. The Morgan fingerprint density at radius 1 is 1.00 bits per heavy atom. The minimum absolute atomic E-state index is 0.165. The van der Waals surface area contributed by atoms with Crippen molar-refractivity contribution in [2.24, 2.45) is 5.73 Å². The molecule has 138 valence electrons. The summed E-state index contributed by atoms with van der Waals surface area (Å²) in [5.41, 5.74) is 8.43. The molecular formula is C21H24ClNO3. The van der Waals surface area contributed by atoms with Crippen molar-refractivity contribution in [2.45, 2.75) is 12.3 Å². The maximum atomic E-state index is 11.9. The Morgan fingerprint density at radius 2 is 1.58 bits per heavy atom. The fraction of sp³-hybridized carbons (Fsp3) is 0.286. The van der Waals surface area contributed by atoms with Crippen molar-refractivity contribution in [3.63, 3.8) is 0 Å². The standard InChI is InChI=1S/C21H24ClNO3/c22-12-14-25-16-19(23)15-21(24)26-13-11-20(17-7-3-1-4-8-17)18-9-5-2-6-10-18/h1-10,15,20H,11-14,16,23H2/b19-15-. The Morgan fingerprint density at radius 3 is 2.12 bits per heavy atom. The van der Waals surface area contributed by atoms with Gasteiger partial charge >= 0.3 is 5.97 Å². The smallest absolute Gasteiger partial charge is 0.332 e. The summed E-state index contributed by atoms with van der Waals surface area (Å²) in [5, 5.41) is 0. The Bertz CT molecular complexity index is 649. The lowest BCUT2D eigenvalue weighted by molar-refractivity contribution is -0.138. The first-order chi connectivity index (χ1) is 12.7. The number of benzene rings is 2. The van der Waals surface area contributed by atoms with E-state index in [1.54, 1.807) is 0 Å². The van der Waals surface area contributed by atoms with Crippen LogP contribution in [0.25, 0.3) is 0 Å². The van der Waals surface area contributed by atoms with Gasteiger partial charge in [0.25, 0.3) is 0 Å². The first-order valence-electron chi connectivity index (χ1n) is 8.57. The first kappa shape index (κ1) is 20.0. The minimum atomic E-state index is -0.461. The lowest BCUT2D eigenvalue weighted by atomic mass is 9.89. The summed E-state index contributed by atoms with van der Waals surface area (Å²) >= 11 is 5.51. The lowest BCUT2D eigenvalue weighted by Crippen LogP contribution is -2.13. The van der Waals surface area contributed by atoms with Crippen molar-refractivity contribution in [3.8, 4) is 0 Å². The average Bonchev–Trinajstić information content (AvgIpc) is 2.67. The SMILES string of the molecule is N/C(=C\C(=O)OCCC(c1ccccc1)c1ccccc1)COCCCl. The number of hydrogen-bond donors (Lipinski definition) is 1. The fourth-order valence-corrected chi connectivity index (χ4v) is 2.76. The zero-order valence-electron chi connectivity index (χ0n) is 14.6. The van der Waals surface area contributed by atoms with Gasteiger partial charge < -0.3 is 15.2 Å². The van der Waals surface area contributed by atoms with E-state index in [0.717, 1.165) is 0 Å². The van der Waals surface area contributed by atoms with Crippen LogP contribution in [0.15, 0.2) is 72.4 Å². The Hall–Kier alpha value is -2.30. The van der Waals surface area contributed by atoms with Crippen molar-refractivity contribution >= 4 is 17.6 Å². The molecule has 2 aromatic carbocycles. The predicted octanol–water partition coefficient (Wildman–Crippen LogP) is 3.85. The number of halogens is 1. The number of rotatable bonds is 10. The van der Waals surface area contributed by atoms with Gasteiger partial charge in [0.15, 0.2) is 0 Å². The molecule has 0 heterocycles. The van der Waals surface area contributed by atoms with Gasteiger partial charge in [-0.05, 0) is 17.5 Å². The lowest BCUT2D eigenvalue weighted by Gasteiger charge is -2.18. The van der Waals surface area contributed by atoms with E-state index in [9.17, 15) is 4.79 Å². The van der Waals surface area contributed by atoms with Crippen molar-refractivity contribution in [1.82, 2.24) is 0 Å². The van der Waals surface area contributed by atoms with E-state index >= 15 is 0 Å². The van der Waals surface area contributed by atoms with E-state index in [1.165, 1.54) is 17.2 Å². The fourth-order valence-electron chi connectivity index (χ4n) is 2.65. The summed E-state index contributed by atoms with van der Waals surface area (Å²) < 4.78 is 10.5. The molecule has 0 unspecified atom stereocenters. The molecule has 0 atom stereocenters. The van der Waals surface area contributed by atoms with E-state index in [0.29, 0.717) is 31.2 Å². The average molecular weight is 374 g/mol. The molecular weight excluding hydrogens is 350 g/mol.